The zero-order valence-corrected chi connectivity index (χ0v) is 16.7. The van der Waals surface area contributed by atoms with E-state index in [2.05, 4.69) is 16.1 Å². The van der Waals surface area contributed by atoms with Crippen LogP contribution in [0, 0.1) is 11.3 Å². The average molecular weight is 422 g/mol. The molecule has 1 fully saturated rings. The maximum Gasteiger partial charge on any atom is 0.387 e. The summed E-state index contributed by atoms with van der Waals surface area (Å²) in [6.45, 7) is -1.55. The molecule has 0 atom stereocenters. The Morgan fingerprint density at radius 1 is 1.27 bits per heavy atom. The number of carbonyl (C=O) groups excluding carboxylic acids is 2. The lowest BCUT2D eigenvalue weighted by molar-refractivity contribution is -0.144. The molecule has 2 rings (SSSR count). The Morgan fingerprint density at radius 3 is 2.63 bits per heavy atom. The van der Waals surface area contributed by atoms with Crippen molar-refractivity contribution in [2.45, 2.75) is 51.2 Å². The van der Waals surface area contributed by atoms with Crippen molar-refractivity contribution in [3.05, 3.63) is 29.8 Å². The number of esters is 1. The van der Waals surface area contributed by atoms with Gasteiger partial charge < -0.3 is 19.5 Å². The van der Waals surface area contributed by atoms with Gasteiger partial charge in [-0.25, -0.2) is 4.79 Å². The Balaban J connectivity index is 1.90. The lowest BCUT2D eigenvalue weighted by atomic mass is 9.83. The van der Waals surface area contributed by atoms with Gasteiger partial charge >= 0.3 is 12.6 Å². The standard InChI is InChI=1S/C21H24F2N2O5/c1-2-28-17-12-15(6-8-16(17)30-20(22)23)7-9-19(27)29-13-18(26)25-21(14-24)10-4-3-5-11-21/h6-9,12,20H,2-5,10-11,13H2,1H3,(H,25,26)/b9-7+. The summed E-state index contributed by atoms with van der Waals surface area (Å²) in [5.41, 5.74) is -0.401. The molecular formula is C21H24F2N2O5. The summed E-state index contributed by atoms with van der Waals surface area (Å²) in [5.74, 6) is -1.29. The van der Waals surface area contributed by atoms with E-state index >= 15 is 0 Å². The van der Waals surface area contributed by atoms with Crippen molar-refractivity contribution >= 4 is 18.0 Å². The first kappa shape index (κ1) is 23.1. The molecule has 1 aliphatic carbocycles. The third-order valence-corrected chi connectivity index (χ3v) is 4.54. The Hall–Kier alpha value is -3.15. The minimum Gasteiger partial charge on any atom is -0.490 e. The number of nitriles is 1. The topological polar surface area (TPSA) is 97.6 Å². The van der Waals surface area contributed by atoms with Gasteiger partial charge in [0.2, 0.25) is 0 Å². The molecule has 9 heteroatoms. The average Bonchev–Trinajstić information content (AvgIpc) is 2.73. The van der Waals surface area contributed by atoms with Gasteiger partial charge in [-0.2, -0.15) is 14.0 Å². The minimum absolute atomic E-state index is 0.113. The fraction of sp³-hybridized carbons (Fsp3) is 0.476. The normalized spacial score (nSPS) is 15.4. The number of hydrogen-bond acceptors (Lipinski definition) is 6. The smallest absolute Gasteiger partial charge is 0.387 e. The predicted molar refractivity (Wildman–Crippen MR) is 104 cm³/mol. The molecule has 0 spiro atoms. The van der Waals surface area contributed by atoms with Gasteiger partial charge in [-0.3, -0.25) is 4.79 Å². The fourth-order valence-electron chi connectivity index (χ4n) is 3.16. The van der Waals surface area contributed by atoms with Crippen LogP contribution in [0.4, 0.5) is 8.78 Å². The van der Waals surface area contributed by atoms with Crippen LogP contribution < -0.4 is 14.8 Å². The van der Waals surface area contributed by atoms with E-state index in [-0.39, 0.29) is 18.1 Å². The molecule has 0 radical (unpaired) electrons. The molecule has 0 bridgehead atoms. The maximum atomic E-state index is 12.4. The molecule has 1 amide bonds. The van der Waals surface area contributed by atoms with Gasteiger partial charge in [0.15, 0.2) is 18.1 Å². The van der Waals surface area contributed by atoms with E-state index in [1.807, 2.05) is 0 Å². The summed E-state index contributed by atoms with van der Waals surface area (Å²) in [6.07, 6.45) is 6.41. The number of amides is 1. The molecule has 1 aromatic carbocycles. The first-order chi connectivity index (χ1) is 14.4. The van der Waals surface area contributed by atoms with Crippen molar-refractivity contribution in [1.29, 1.82) is 5.26 Å². The van der Waals surface area contributed by atoms with Crippen molar-refractivity contribution < 1.29 is 32.6 Å². The Labute approximate surface area is 173 Å². The largest absolute Gasteiger partial charge is 0.490 e. The van der Waals surface area contributed by atoms with Crippen molar-refractivity contribution in [3.8, 4) is 17.6 Å². The number of hydrogen-bond donors (Lipinski definition) is 1. The van der Waals surface area contributed by atoms with Crippen LogP contribution >= 0.6 is 0 Å². The molecule has 0 saturated heterocycles. The van der Waals surface area contributed by atoms with Gasteiger partial charge in [0, 0.05) is 6.08 Å². The van der Waals surface area contributed by atoms with Crippen LogP contribution in [0.3, 0.4) is 0 Å². The Bertz CT molecular complexity index is 814. The van der Waals surface area contributed by atoms with Gasteiger partial charge in [-0.15, -0.1) is 0 Å². The number of nitrogens with zero attached hydrogens (tertiary/aromatic N) is 1. The molecule has 162 valence electrons. The second kappa shape index (κ2) is 11.1. The first-order valence-electron chi connectivity index (χ1n) is 9.66. The zero-order valence-electron chi connectivity index (χ0n) is 16.7. The maximum absolute atomic E-state index is 12.4. The van der Waals surface area contributed by atoms with Crippen LogP contribution in [-0.2, 0) is 14.3 Å². The Morgan fingerprint density at radius 2 is 2.00 bits per heavy atom. The van der Waals surface area contributed by atoms with E-state index in [4.69, 9.17) is 9.47 Å². The highest BCUT2D eigenvalue weighted by molar-refractivity contribution is 5.89. The quantitative estimate of drug-likeness (QED) is 0.483. The third kappa shape index (κ3) is 7.03. The fourth-order valence-corrected chi connectivity index (χ4v) is 3.16. The highest BCUT2D eigenvalue weighted by Gasteiger charge is 2.33. The predicted octanol–water partition coefficient (Wildman–Crippen LogP) is 3.59. The summed E-state index contributed by atoms with van der Waals surface area (Å²) in [7, 11) is 0. The summed E-state index contributed by atoms with van der Waals surface area (Å²) in [5, 5.41) is 12.0. The highest BCUT2D eigenvalue weighted by Crippen LogP contribution is 2.30. The zero-order chi connectivity index (χ0) is 22.0. The second-order valence-electron chi connectivity index (χ2n) is 6.76. The molecular weight excluding hydrogens is 398 g/mol. The number of alkyl halides is 2. The number of nitrogens with one attached hydrogen (secondary N) is 1. The van der Waals surface area contributed by atoms with E-state index in [1.165, 1.54) is 24.3 Å². The van der Waals surface area contributed by atoms with E-state index in [0.29, 0.717) is 18.4 Å². The van der Waals surface area contributed by atoms with Crippen molar-refractivity contribution in [3.63, 3.8) is 0 Å². The summed E-state index contributed by atoms with van der Waals surface area (Å²) in [4.78, 5) is 23.9. The van der Waals surface area contributed by atoms with Gasteiger partial charge in [0.1, 0.15) is 5.54 Å². The highest BCUT2D eigenvalue weighted by atomic mass is 19.3. The van der Waals surface area contributed by atoms with E-state index in [9.17, 15) is 23.6 Å². The van der Waals surface area contributed by atoms with Crippen molar-refractivity contribution in [1.82, 2.24) is 5.32 Å². The molecule has 0 aliphatic heterocycles. The molecule has 1 N–H and O–H groups in total. The van der Waals surface area contributed by atoms with Crippen LogP contribution in [0.1, 0.15) is 44.6 Å². The number of ether oxygens (including phenoxy) is 3. The number of benzene rings is 1. The molecule has 0 aromatic heterocycles. The molecule has 0 unspecified atom stereocenters. The SMILES string of the molecule is CCOc1cc(/C=C/C(=O)OCC(=O)NC2(C#N)CCCCC2)ccc1OC(F)F. The molecule has 0 heterocycles. The van der Waals surface area contributed by atoms with Crippen LogP contribution in [-0.4, -0.2) is 37.2 Å². The molecule has 1 aliphatic rings. The summed E-state index contributed by atoms with van der Waals surface area (Å²) in [6, 6.07) is 6.38. The van der Waals surface area contributed by atoms with E-state index in [1.54, 1.807) is 6.92 Å². The third-order valence-electron chi connectivity index (χ3n) is 4.54. The molecule has 1 aromatic rings. The number of carbonyl (C=O) groups is 2. The van der Waals surface area contributed by atoms with Gasteiger partial charge in [0.25, 0.3) is 5.91 Å². The summed E-state index contributed by atoms with van der Waals surface area (Å²) >= 11 is 0. The minimum atomic E-state index is -2.99. The number of rotatable bonds is 9. The van der Waals surface area contributed by atoms with Gasteiger partial charge in [-0.05, 0) is 43.5 Å². The van der Waals surface area contributed by atoms with Crippen LogP contribution in [0.5, 0.6) is 11.5 Å². The molecule has 30 heavy (non-hydrogen) atoms. The van der Waals surface area contributed by atoms with Crippen LogP contribution in [0.25, 0.3) is 6.08 Å². The Kier molecular flexibility index (Phi) is 8.59. The van der Waals surface area contributed by atoms with Crippen molar-refractivity contribution in [2.75, 3.05) is 13.2 Å². The monoisotopic (exact) mass is 422 g/mol. The van der Waals surface area contributed by atoms with Gasteiger partial charge in [0.05, 0.1) is 12.7 Å². The number of halogens is 2. The van der Waals surface area contributed by atoms with E-state index in [0.717, 1.165) is 25.3 Å². The molecule has 1 saturated carbocycles. The first-order valence-corrected chi connectivity index (χ1v) is 9.66. The van der Waals surface area contributed by atoms with Gasteiger partial charge in [-0.1, -0.05) is 25.3 Å². The van der Waals surface area contributed by atoms with E-state index < -0.39 is 30.6 Å². The second-order valence-corrected chi connectivity index (χ2v) is 6.76. The lowest BCUT2D eigenvalue weighted by Gasteiger charge is -2.31. The molecule has 7 nitrogen and oxygen atoms in total. The van der Waals surface area contributed by atoms with Crippen molar-refractivity contribution in [2.24, 2.45) is 0 Å². The van der Waals surface area contributed by atoms with Crippen LogP contribution in [0.15, 0.2) is 24.3 Å². The lowest BCUT2D eigenvalue weighted by Crippen LogP contribution is -2.49. The van der Waals surface area contributed by atoms with Crippen LogP contribution in [0.2, 0.25) is 0 Å². The summed E-state index contributed by atoms with van der Waals surface area (Å²) < 4.78 is 39.4.